The van der Waals surface area contributed by atoms with E-state index in [0.29, 0.717) is 28.4 Å². The molecule has 5 rings (SSSR count). The summed E-state index contributed by atoms with van der Waals surface area (Å²) >= 11 is 2.52. The number of carbonyl (C=O) groups is 3. The van der Waals surface area contributed by atoms with Crippen LogP contribution in [0.15, 0.2) is 21.8 Å². The zero-order chi connectivity index (χ0) is 25.6. The van der Waals surface area contributed by atoms with E-state index in [1.165, 1.54) is 23.8 Å². The van der Waals surface area contributed by atoms with Crippen molar-refractivity contribution in [3.05, 3.63) is 22.3 Å². The number of thioether (sulfide) groups is 1. The van der Waals surface area contributed by atoms with Crippen LogP contribution in [0.4, 0.5) is 5.13 Å². The molecule has 0 radical (unpaired) electrons. The summed E-state index contributed by atoms with van der Waals surface area (Å²) in [5.41, 5.74) is 6.21. The standard InChI is InChI=1S/C22H25N7O5S2/c1-34-27-15(14-10-36-22(24)25-14)18(30)26-16-19(31)28-17(21(32)33)11(9-35-20(16)28)8-29-6-2-3-12(29)4-5-13(29)7-23/h10,12-13,16,20H,2-6,8-9H2,1H3,(H3-,24,25,26,30,32,33)/b27-15-/t12?,13?,16-,20-,29?/m1/s1. The van der Waals surface area contributed by atoms with Crippen molar-refractivity contribution in [3.63, 3.8) is 0 Å². The number of carboxylic acids is 1. The predicted molar refractivity (Wildman–Crippen MR) is 129 cm³/mol. The number of nitriles is 1. The van der Waals surface area contributed by atoms with Crippen molar-refractivity contribution in [2.75, 3.05) is 31.7 Å². The number of quaternary nitrogens is 1. The molecule has 36 heavy (non-hydrogen) atoms. The van der Waals surface area contributed by atoms with Gasteiger partial charge in [0.15, 0.2) is 16.9 Å². The van der Waals surface area contributed by atoms with Crippen molar-refractivity contribution in [3.8, 4) is 6.07 Å². The Labute approximate surface area is 215 Å². The van der Waals surface area contributed by atoms with E-state index in [-0.39, 0.29) is 28.3 Å². The smallest absolute Gasteiger partial charge is 0.276 e. The second kappa shape index (κ2) is 9.38. The van der Waals surface area contributed by atoms with Gasteiger partial charge in [-0.05, 0) is 0 Å². The van der Waals surface area contributed by atoms with Gasteiger partial charge >= 0.3 is 0 Å². The average Bonchev–Trinajstić information content (AvgIpc) is 3.55. The lowest BCUT2D eigenvalue weighted by atomic mass is 10.0. The van der Waals surface area contributed by atoms with Crippen molar-refractivity contribution in [2.24, 2.45) is 5.16 Å². The van der Waals surface area contributed by atoms with Gasteiger partial charge in [-0.2, -0.15) is 5.26 Å². The summed E-state index contributed by atoms with van der Waals surface area (Å²) in [6.45, 7) is 1.25. The number of hydrogen-bond acceptors (Lipinski definition) is 11. The number of nitrogens with one attached hydrogen (secondary N) is 1. The summed E-state index contributed by atoms with van der Waals surface area (Å²) in [6, 6.07) is 1.66. The SMILES string of the molecule is CO/N=C(\C(=O)N[C@@H]1C(=O)N2C(C(=O)[O-])=C(C[N+]34CCCC3CCC4C#N)CS[C@H]12)c1csc(N)n1. The molecule has 5 heterocycles. The lowest BCUT2D eigenvalue weighted by Crippen LogP contribution is -2.72. The van der Waals surface area contributed by atoms with Crippen LogP contribution in [-0.4, -0.2) is 87.3 Å². The van der Waals surface area contributed by atoms with E-state index in [2.05, 4.69) is 21.5 Å². The minimum absolute atomic E-state index is 0.131. The van der Waals surface area contributed by atoms with Crippen molar-refractivity contribution >= 4 is 51.7 Å². The maximum Gasteiger partial charge on any atom is 0.276 e. The molecule has 3 fully saturated rings. The van der Waals surface area contributed by atoms with E-state index in [9.17, 15) is 24.8 Å². The third-order valence-corrected chi connectivity index (χ3v) is 9.57. The number of fused-ring (bicyclic) bond motifs is 2. The molecule has 14 heteroatoms. The molecule has 0 aliphatic carbocycles. The normalized spacial score (nSPS) is 31.4. The van der Waals surface area contributed by atoms with Crippen molar-refractivity contribution < 1.29 is 28.8 Å². The summed E-state index contributed by atoms with van der Waals surface area (Å²) in [7, 11) is 1.28. The molecule has 0 saturated carbocycles. The molecule has 12 nitrogen and oxygen atoms in total. The summed E-state index contributed by atoms with van der Waals surface area (Å²) in [4.78, 5) is 48.3. The molecular formula is C22H25N7O5S2. The van der Waals surface area contributed by atoms with Gasteiger partial charge in [0.25, 0.3) is 11.8 Å². The van der Waals surface area contributed by atoms with Crippen molar-refractivity contribution in [1.29, 1.82) is 5.26 Å². The quantitative estimate of drug-likeness (QED) is 0.196. The van der Waals surface area contributed by atoms with Crippen LogP contribution in [0.25, 0.3) is 0 Å². The Hall–Kier alpha value is -3.15. The number of β-lactam (4-membered cyclic amide) rings is 1. The second-order valence-corrected chi connectivity index (χ2v) is 11.3. The highest BCUT2D eigenvalue weighted by Gasteiger charge is 2.57. The van der Waals surface area contributed by atoms with E-state index < -0.39 is 29.2 Å². The molecule has 0 spiro atoms. The van der Waals surface area contributed by atoms with Gasteiger partial charge in [-0.3, -0.25) is 14.5 Å². The number of hydrogen-bond donors (Lipinski definition) is 2. The Morgan fingerprint density at radius 2 is 2.25 bits per heavy atom. The topological polar surface area (TPSA) is 174 Å². The number of nitrogen functional groups attached to an aromatic ring is 1. The predicted octanol–water partition coefficient (Wildman–Crippen LogP) is -0.855. The zero-order valence-corrected chi connectivity index (χ0v) is 21.1. The monoisotopic (exact) mass is 531 g/mol. The van der Waals surface area contributed by atoms with Gasteiger partial charge in [-0.15, -0.1) is 23.1 Å². The lowest BCUT2D eigenvalue weighted by Gasteiger charge is -2.51. The molecule has 3 unspecified atom stereocenters. The molecule has 3 saturated heterocycles. The highest BCUT2D eigenvalue weighted by molar-refractivity contribution is 8.00. The van der Waals surface area contributed by atoms with Crippen LogP contribution in [0.2, 0.25) is 0 Å². The molecule has 3 N–H and O–H groups in total. The number of thiazole rings is 1. The maximum absolute atomic E-state index is 13.1. The van der Waals surface area contributed by atoms with Gasteiger partial charge in [-0.25, -0.2) is 4.98 Å². The Morgan fingerprint density at radius 1 is 1.44 bits per heavy atom. The molecule has 4 aliphatic heterocycles. The van der Waals surface area contributed by atoms with Gasteiger partial charge in [0.2, 0.25) is 0 Å². The highest BCUT2D eigenvalue weighted by atomic mass is 32.2. The van der Waals surface area contributed by atoms with E-state index in [1.807, 2.05) is 0 Å². The first-order valence-corrected chi connectivity index (χ1v) is 13.5. The first-order valence-electron chi connectivity index (χ1n) is 11.6. The van der Waals surface area contributed by atoms with Crippen LogP contribution < -0.4 is 16.2 Å². The minimum atomic E-state index is -1.42. The Morgan fingerprint density at radius 3 is 2.92 bits per heavy atom. The first kappa shape index (κ1) is 24.5. The molecular weight excluding hydrogens is 506 g/mol. The average molecular weight is 532 g/mol. The van der Waals surface area contributed by atoms with E-state index in [1.54, 1.807) is 5.38 Å². The molecule has 0 bridgehead atoms. The minimum Gasteiger partial charge on any atom is -0.543 e. The van der Waals surface area contributed by atoms with Gasteiger partial charge in [0, 0.05) is 42.4 Å². The Bertz CT molecular complexity index is 1220. The zero-order valence-electron chi connectivity index (χ0n) is 19.5. The fourth-order valence-corrected chi connectivity index (χ4v) is 7.91. The van der Waals surface area contributed by atoms with Crippen LogP contribution in [-0.2, 0) is 19.2 Å². The van der Waals surface area contributed by atoms with Crippen LogP contribution in [0.1, 0.15) is 31.4 Å². The van der Waals surface area contributed by atoms with E-state index >= 15 is 0 Å². The summed E-state index contributed by atoms with van der Waals surface area (Å²) in [6.07, 6.45) is 3.78. The van der Waals surface area contributed by atoms with E-state index in [4.69, 9.17) is 10.6 Å². The van der Waals surface area contributed by atoms with Crippen molar-refractivity contribution in [2.45, 2.75) is 49.2 Å². The number of carboxylic acid groups (broad SMARTS) is 1. The number of oxime groups is 1. The van der Waals surface area contributed by atoms with Crippen LogP contribution in [0.3, 0.4) is 0 Å². The number of carbonyl (C=O) groups excluding carboxylic acids is 3. The number of rotatable bonds is 7. The number of anilines is 1. The molecule has 190 valence electrons. The van der Waals surface area contributed by atoms with Gasteiger partial charge in [-0.1, -0.05) is 5.16 Å². The largest absolute Gasteiger partial charge is 0.543 e. The summed E-state index contributed by atoms with van der Waals surface area (Å²) in [5, 5.41) is 29.6. The Balaban J connectivity index is 1.37. The highest BCUT2D eigenvalue weighted by Crippen LogP contribution is 2.45. The lowest BCUT2D eigenvalue weighted by molar-refractivity contribution is -0.938. The molecule has 1 aromatic rings. The summed E-state index contributed by atoms with van der Waals surface area (Å²) in [5.74, 6) is -2.27. The second-order valence-electron chi connectivity index (χ2n) is 9.30. The summed E-state index contributed by atoms with van der Waals surface area (Å²) < 4.78 is 0.573. The number of aliphatic carboxylic acids is 1. The van der Waals surface area contributed by atoms with Crippen LogP contribution in [0.5, 0.6) is 0 Å². The maximum atomic E-state index is 13.1. The molecule has 1 aromatic heterocycles. The van der Waals surface area contributed by atoms with Gasteiger partial charge in [0.05, 0.1) is 24.3 Å². The molecule has 2 amide bonds. The molecule has 0 aromatic carbocycles. The van der Waals surface area contributed by atoms with Gasteiger partial charge < -0.3 is 30.3 Å². The fraction of sp³-hybridized carbons (Fsp3) is 0.545. The molecule has 4 aliphatic rings. The Kier molecular flexibility index (Phi) is 6.39. The number of aromatic nitrogens is 1. The van der Waals surface area contributed by atoms with E-state index in [0.717, 1.165) is 43.6 Å². The fourth-order valence-electron chi connectivity index (χ4n) is 6.03. The molecule has 5 atom stereocenters. The van der Waals surface area contributed by atoms with Crippen LogP contribution in [0, 0.1) is 11.3 Å². The van der Waals surface area contributed by atoms with Crippen molar-refractivity contribution in [1.82, 2.24) is 15.2 Å². The number of nitrogens with two attached hydrogens (primary N) is 1. The third-order valence-electron chi connectivity index (χ3n) is 7.56. The van der Waals surface area contributed by atoms with Crippen LogP contribution >= 0.6 is 23.1 Å². The third kappa shape index (κ3) is 3.82. The number of nitrogens with zero attached hydrogens (tertiary/aromatic N) is 5. The first-order chi connectivity index (χ1) is 17.3. The van der Waals surface area contributed by atoms with Gasteiger partial charge in [0.1, 0.15) is 36.8 Å². The number of amides is 2.